The van der Waals surface area contributed by atoms with Crippen LogP contribution in [0.15, 0.2) is 24.3 Å². The zero-order valence-electron chi connectivity index (χ0n) is 17.3. The standard InChI is InChI=1S/C21H25N5O4S/c1-30-16-6-4-15(5-7-16)23-18(28)19-24-25-20(31-19)21(29)26-10-8-13(9-11-26)12-17(27)22-14-2-3-14/h4-7,13-14H,2-3,8-12H2,1H3,(H,22,27)(H,23,28). The summed E-state index contributed by atoms with van der Waals surface area (Å²) < 4.78 is 5.09. The molecule has 0 unspecified atom stereocenters. The lowest BCUT2D eigenvalue weighted by Gasteiger charge is -2.31. The normalized spacial score (nSPS) is 16.6. The highest BCUT2D eigenvalue weighted by Crippen LogP contribution is 2.25. The maximum absolute atomic E-state index is 12.8. The quantitative estimate of drug-likeness (QED) is 0.679. The smallest absolute Gasteiger partial charge is 0.286 e. The monoisotopic (exact) mass is 443 g/mol. The number of nitrogens with zero attached hydrogens (tertiary/aromatic N) is 3. The molecule has 1 aromatic carbocycles. The van der Waals surface area contributed by atoms with Crippen LogP contribution < -0.4 is 15.4 Å². The zero-order valence-corrected chi connectivity index (χ0v) is 18.1. The molecule has 2 fully saturated rings. The number of carbonyl (C=O) groups is 3. The van der Waals surface area contributed by atoms with Gasteiger partial charge in [0.2, 0.25) is 15.9 Å². The fraction of sp³-hybridized carbons (Fsp3) is 0.476. The van der Waals surface area contributed by atoms with Crippen LogP contribution in [0.3, 0.4) is 0 Å². The van der Waals surface area contributed by atoms with Crippen molar-refractivity contribution >= 4 is 34.7 Å². The van der Waals surface area contributed by atoms with Crippen LogP contribution in [0, 0.1) is 5.92 Å². The minimum absolute atomic E-state index is 0.115. The summed E-state index contributed by atoms with van der Waals surface area (Å²) in [6.45, 7) is 1.15. The number of methoxy groups -OCH3 is 1. The average Bonchev–Trinajstić information content (AvgIpc) is 3.45. The Labute approximate surface area is 184 Å². The molecule has 9 nitrogen and oxygen atoms in total. The van der Waals surface area contributed by atoms with Gasteiger partial charge < -0.3 is 20.3 Å². The molecule has 1 aliphatic heterocycles. The summed E-state index contributed by atoms with van der Waals surface area (Å²) in [5, 5.41) is 13.9. The van der Waals surface area contributed by atoms with Crippen molar-refractivity contribution in [3.8, 4) is 5.75 Å². The first-order chi connectivity index (χ1) is 15.0. The lowest BCUT2D eigenvalue weighted by Crippen LogP contribution is -2.39. The first-order valence-corrected chi connectivity index (χ1v) is 11.2. The Hall–Kier alpha value is -3.01. The van der Waals surface area contributed by atoms with Crippen molar-refractivity contribution in [2.45, 2.75) is 38.1 Å². The molecular weight excluding hydrogens is 418 g/mol. The van der Waals surface area contributed by atoms with Crippen LogP contribution in [0.2, 0.25) is 0 Å². The van der Waals surface area contributed by atoms with Crippen LogP contribution in [0.4, 0.5) is 5.69 Å². The van der Waals surface area contributed by atoms with Gasteiger partial charge in [-0.3, -0.25) is 14.4 Å². The predicted octanol–water partition coefficient (Wildman–Crippen LogP) is 2.32. The highest BCUT2D eigenvalue weighted by Gasteiger charge is 2.29. The van der Waals surface area contributed by atoms with Gasteiger partial charge in [0, 0.05) is 31.2 Å². The Morgan fingerprint density at radius 2 is 1.74 bits per heavy atom. The molecule has 2 heterocycles. The van der Waals surface area contributed by atoms with E-state index in [4.69, 9.17) is 4.74 Å². The number of hydrogen-bond acceptors (Lipinski definition) is 7. The van der Waals surface area contributed by atoms with Crippen LogP contribution in [0.25, 0.3) is 0 Å². The lowest BCUT2D eigenvalue weighted by molar-refractivity contribution is -0.122. The molecule has 0 spiro atoms. The summed E-state index contributed by atoms with van der Waals surface area (Å²) in [6, 6.07) is 7.30. The van der Waals surface area contributed by atoms with E-state index in [1.54, 1.807) is 36.3 Å². The number of ether oxygens (including phenoxy) is 1. The van der Waals surface area contributed by atoms with Crippen LogP contribution in [-0.2, 0) is 4.79 Å². The molecule has 3 amide bonds. The Bertz CT molecular complexity index is 949. The largest absolute Gasteiger partial charge is 0.497 e. The van der Waals surface area contributed by atoms with Gasteiger partial charge in [0.15, 0.2) is 0 Å². The first kappa shape index (κ1) is 21.2. The third kappa shape index (κ3) is 5.57. The minimum Gasteiger partial charge on any atom is -0.497 e. The molecule has 2 N–H and O–H groups in total. The molecule has 1 aliphatic carbocycles. The number of carbonyl (C=O) groups excluding carboxylic acids is 3. The topological polar surface area (TPSA) is 114 Å². The summed E-state index contributed by atoms with van der Waals surface area (Å²) in [5.74, 6) is 0.463. The molecule has 1 aromatic heterocycles. The zero-order chi connectivity index (χ0) is 21.8. The first-order valence-electron chi connectivity index (χ1n) is 10.4. The number of piperidine rings is 1. The van der Waals surface area contributed by atoms with Crippen molar-refractivity contribution in [2.24, 2.45) is 5.92 Å². The van der Waals surface area contributed by atoms with Gasteiger partial charge in [-0.15, -0.1) is 10.2 Å². The predicted molar refractivity (Wildman–Crippen MR) is 115 cm³/mol. The van der Waals surface area contributed by atoms with E-state index in [1.807, 2.05) is 0 Å². The number of hydrogen-bond donors (Lipinski definition) is 2. The van der Waals surface area contributed by atoms with E-state index >= 15 is 0 Å². The van der Waals surface area contributed by atoms with Crippen LogP contribution in [0.1, 0.15) is 51.7 Å². The third-order valence-electron chi connectivity index (χ3n) is 5.47. The maximum atomic E-state index is 12.8. The molecule has 0 bridgehead atoms. The van der Waals surface area contributed by atoms with Crippen molar-refractivity contribution in [2.75, 3.05) is 25.5 Å². The Kier molecular flexibility index (Phi) is 6.45. The van der Waals surface area contributed by atoms with E-state index in [0.717, 1.165) is 37.0 Å². The van der Waals surface area contributed by atoms with Gasteiger partial charge >= 0.3 is 0 Å². The highest BCUT2D eigenvalue weighted by molar-refractivity contribution is 7.15. The number of amides is 3. The van der Waals surface area contributed by atoms with E-state index in [0.29, 0.717) is 42.9 Å². The molecule has 164 valence electrons. The second-order valence-corrected chi connectivity index (χ2v) is 8.85. The van der Waals surface area contributed by atoms with Gasteiger partial charge in [-0.2, -0.15) is 0 Å². The molecule has 10 heteroatoms. The second kappa shape index (κ2) is 9.42. The van der Waals surface area contributed by atoms with E-state index in [-0.39, 0.29) is 21.8 Å². The van der Waals surface area contributed by atoms with Crippen LogP contribution in [-0.4, -0.2) is 59.1 Å². The maximum Gasteiger partial charge on any atom is 0.286 e. The van der Waals surface area contributed by atoms with Gasteiger partial charge in [0.05, 0.1) is 7.11 Å². The van der Waals surface area contributed by atoms with Gasteiger partial charge in [-0.1, -0.05) is 11.3 Å². The molecule has 2 aliphatic rings. The third-order valence-corrected chi connectivity index (χ3v) is 6.38. The average molecular weight is 444 g/mol. The van der Waals surface area contributed by atoms with Gasteiger partial charge in [-0.25, -0.2) is 0 Å². The molecule has 4 rings (SSSR count). The van der Waals surface area contributed by atoms with Crippen LogP contribution >= 0.6 is 11.3 Å². The number of rotatable bonds is 7. The summed E-state index contributed by atoms with van der Waals surface area (Å²) in [7, 11) is 1.57. The minimum atomic E-state index is -0.415. The van der Waals surface area contributed by atoms with Crippen molar-refractivity contribution < 1.29 is 19.1 Å². The second-order valence-electron chi connectivity index (χ2n) is 7.88. The van der Waals surface area contributed by atoms with Crippen molar-refractivity contribution in [1.82, 2.24) is 20.4 Å². The number of nitrogens with one attached hydrogen (secondary N) is 2. The number of benzene rings is 1. The molecule has 1 saturated heterocycles. The molecule has 1 saturated carbocycles. The number of aromatic nitrogens is 2. The van der Waals surface area contributed by atoms with Gasteiger partial charge in [0.1, 0.15) is 5.75 Å². The molecular formula is C21H25N5O4S. The van der Waals surface area contributed by atoms with Crippen molar-refractivity contribution in [3.63, 3.8) is 0 Å². The Morgan fingerprint density at radius 1 is 1.06 bits per heavy atom. The summed E-state index contributed by atoms with van der Waals surface area (Å²) in [5.41, 5.74) is 0.599. The van der Waals surface area contributed by atoms with E-state index in [2.05, 4.69) is 20.8 Å². The fourth-order valence-corrected chi connectivity index (χ4v) is 4.22. The molecule has 0 radical (unpaired) electrons. The fourth-order valence-electron chi connectivity index (χ4n) is 3.51. The molecule has 0 atom stereocenters. The van der Waals surface area contributed by atoms with Crippen molar-refractivity contribution in [1.29, 1.82) is 0 Å². The van der Waals surface area contributed by atoms with E-state index < -0.39 is 5.91 Å². The summed E-state index contributed by atoms with van der Waals surface area (Å²) in [4.78, 5) is 38.9. The highest BCUT2D eigenvalue weighted by atomic mass is 32.1. The Balaban J connectivity index is 1.27. The van der Waals surface area contributed by atoms with Gasteiger partial charge in [0.25, 0.3) is 11.8 Å². The molecule has 2 aromatic rings. The van der Waals surface area contributed by atoms with Gasteiger partial charge in [-0.05, 0) is 55.9 Å². The summed E-state index contributed by atoms with van der Waals surface area (Å²) >= 11 is 0.981. The van der Waals surface area contributed by atoms with Crippen molar-refractivity contribution in [3.05, 3.63) is 34.3 Å². The molecule has 31 heavy (non-hydrogen) atoms. The van der Waals surface area contributed by atoms with E-state index in [9.17, 15) is 14.4 Å². The van der Waals surface area contributed by atoms with Crippen LogP contribution in [0.5, 0.6) is 5.75 Å². The van der Waals surface area contributed by atoms with E-state index in [1.165, 1.54) is 0 Å². The number of likely N-dealkylation sites (tertiary alicyclic amines) is 1. The SMILES string of the molecule is COc1ccc(NC(=O)c2nnc(C(=O)N3CCC(CC(=O)NC4CC4)CC3)s2)cc1. The number of anilines is 1. The Morgan fingerprint density at radius 3 is 2.39 bits per heavy atom. The lowest BCUT2D eigenvalue weighted by atomic mass is 9.93. The summed E-state index contributed by atoms with van der Waals surface area (Å²) in [6.07, 6.45) is 4.26.